The number of benzene rings is 2. The lowest BCUT2D eigenvalue weighted by Gasteiger charge is -2.23. The van der Waals surface area contributed by atoms with Gasteiger partial charge in [-0.3, -0.25) is 14.3 Å². The van der Waals surface area contributed by atoms with E-state index < -0.39 is 11.3 Å². The van der Waals surface area contributed by atoms with Gasteiger partial charge in [0.25, 0.3) is 11.3 Å². The predicted octanol–water partition coefficient (Wildman–Crippen LogP) is 4.60. The first-order valence-electron chi connectivity index (χ1n) is 8.66. The molecule has 0 spiro atoms. The molecule has 1 amide bonds. The van der Waals surface area contributed by atoms with Crippen LogP contribution in [0.15, 0.2) is 60.9 Å². The van der Waals surface area contributed by atoms with Crippen LogP contribution >= 0.6 is 0 Å². The van der Waals surface area contributed by atoms with Crippen molar-refractivity contribution in [3.8, 4) is 11.1 Å². The van der Waals surface area contributed by atoms with Crippen molar-refractivity contribution in [3.05, 3.63) is 72.1 Å². The third-order valence-corrected chi connectivity index (χ3v) is 4.96. The maximum absolute atomic E-state index is 12.1. The van der Waals surface area contributed by atoms with Crippen LogP contribution in [0.5, 0.6) is 0 Å². The van der Waals surface area contributed by atoms with Gasteiger partial charge in [0.15, 0.2) is 0 Å². The van der Waals surface area contributed by atoms with Crippen LogP contribution in [0.25, 0.3) is 11.1 Å². The van der Waals surface area contributed by atoms with Crippen molar-refractivity contribution < 1.29 is 13.6 Å². The molecule has 0 saturated heterocycles. The fraction of sp³-hybridized carbons (Fsp3) is 0.143. The molecule has 0 saturated carbocycles. The normalized spacial score (nSPS) is 11.7. The minimum absolute atomic E-state index is 0.176. The van der Waals surface area contributed by atoms with Crippen molar-refractivity contribution in [2.75, 3.05) is 9.62 Å². The molecule has 1 aromatic heterocycles. The summed E-state index contributed by atoms with van der Waals surface area (Å²) in [6.45, 7) is 5.29. The molecular formula is C21H21N3O3S. The Labute approximate surface area is 166 Å². The SMILES string of the molecule is CC(=O)Nc1cncc(-c2ccc(C)c(N(c3ccc(C)cc3)S(=O)O)c2)c1. The van der Waals surface area contributed by atoms with Crippen LogP contribution in [0.4, 0.5) is 17.1 Å². The highest BCUT2D eigenvalue weighted by atomic mass is 32.2. The molecule has 144 valence electrons. The van der Waals surface area contributed by atoms with Crippen LogP contribution in [0.3, 0.4) is 0 Å². The molecule has 0 fully saturated rings. The summed E-state index contributed by atoms with van der Waals surface area (Å²) in [6, 6.07) is 14.9. The number of carbonyl (C=O) groups is 1. The molecule has 3 rings (SSSR count). The van der Waals surface area contributed by atoms with Crippen LogP contribution in [0, 0.1) is 13.8 Å². The van der Waals surface area contributed by atoms with E-state index >= 15 is 0 Å². The summed E-state index contributed by atoms with van der Waals surface area (Å²) in [5.74, 6) is -0.176. The molecule has 1 unspecified atom stereocenters. The zero-order valence-electron chi connectivity index (χ0n) is 15.8. The van der Waals surface area contributed by atoms with E-state index in [1.54, 1.807) is 12.4 Å². The second-order valence-electron chi connectivity index (χ2n) is 6.51. The molecule has 2 aromatic carbocycles. The summed E-state index contributed by atoms with van der Waals surface area (Å²) < 4.78 is 23.5. The molecule has 6 nitrogen and oxygen atoms in total. The summed E-state index contributed by atoms with van der Waals surface area (Å²) in [4.78, 5) is 15.5. The number of rotatable bonds is 5. The number of amides is 1. The van der Waals surface area contributed by atoms with Gasteiger partial charge in [0, 0.05) is 18.7 Å². The average molecular weight is 395 g/mol. The van der Waals surface area contributed by atoms with E-state index in [1.165, 1.54) is 11.2 Å². The number of anilines is 3. The van der Waals surface area contributed by atoms with Gasteiger partial charge >= 0.3 is 0 Å². The molecule has 3 aromatic rings. The van der Waals surface area contributed by atoms with Gasteiger partial charge in [-0.2, -0.15) is 0 Å². The Bertz CT molecular complexity index is 1040. The molecule has 28 heavy (non-hydrogen) atoms. The predicted molar refractivity (Wildman–Crippen MR) is 113 cm³/mol. The minimum atomic E-state index is -2.24. The number of nitrogens with one attached hydrogen (secondary N) is 1. The fourth-order valence-electron chi connectivity index (χ4n) is 2.87. The van der Waals surface area contributed by atoms with Crippen molar-refractivity contribution in [1.29, 1.82) is 0 Å². The third-order valence-electron chi connectivity index (χ3n) is 4.24. The number of nitrogens with zero attached hydrogens (tertiary/aromatic N) is 2. The number of hydrogen-bond donors (Lipinski definition) is 2. The first-order chi connectivity index (χ1) is 13.3. The van der Waals surface area contributed by atoms with Crippen LogP contribution in [-0.2, 0) is 16.1 Å². The van der Waals surface area contributed by atoms with Gasteiger partial charge < -0.3 is 5.32 Å². The largest absolute Gasteiger partial charge is 0.325 e. The monoisotopic (exact) mass is 395 g/mol. The van der Waals surface area contributed by atoms with Crippen LogP contribution in [-0.4, -0.2) is 19.7 Å². The first kappa shape index (κ1) is 19.7. The van der Waals surface area contributed by atoms with Gasteiger partial charge in [-0.05, 0) is 49.2 Å². The molecule has 0 bridgehead atoms. The van der Waals surface area contributed by atoms with E-state index in [9.17, 15) is 13.6 Å². The molecule has 0 radical (unpaired) electrons. The van der Waals surface area contributed by atoms with Crippen molar-refractivity contribution in [2.24, 2.45) is 0 Å². The smallest absolute Gasteiger partial charge is 0.266 e. The Balaban J connectivity index is 2.06. The maximum atomic E-state index is 12.1. The van der Waals surface area contributed by atoms with Gasteiger partial charge in [0.1, 0.15) is 0 Å². The van der Waals surface area contributed by atoms with Crippen LogP contribution in [0.2, 0.25) is 0 Å². The Hall–Kier alpha value is -3.03. The lowest BCUT2D eigenvalue weighted by Crippen LogP contribution is -2.20. The molecule has 1 heterocycles. The molecular weight excluding hydrogens is 374 g/mol. The summed E-state index contributed by atoms with van der Waals surface area (Å²) in [6.07, 6.45) is 3.26. The first-order valence-corrected chi connectivity index (χ1v) is 9.73. The van der Waals surface area contributed by atoms with E-state index in [4.69, 9.17) is 0 Å². The molecule has 0 aliphatic carbocycles. The number of aryl methyl sites for hydroxylation is 2. The second kappa shape index (κ2) is 8.33. The van der Waals surface area contributed by atoms with Crippen molar-refractivity contribution in [3.63, 3.8) is 0 Å². The lowest BCUT2D eigenvalue weighted by molar-refractivity contribution is -0.114. The Morgan fingerprint density at radius 1 is 1.04 bits per heavy atom. The van der Waals surface area contributed by atoms with Gasteiger partial charge in [0.05, 0.1) is 23.3 Å². The quantitative estimate of drug-likeness (QED) is 0.619. The van der Waals surface area contributed by atoms with Gasteiger partial charge in [0.2, 0.25) is 5.91 Å². The van der Waals surface area contributed by atoms with E-state index in [1.807, 2.05) is 62.4 Å². The zero-order chi connectivity index (χ0) is 20.3. The topological polar surface area (TPSA) is 82.5 Å². The van der Waals surface area contributed by atoms with Gasteiger partial charge in [-0.15, -0.1) is 0 Å². The molecule has 2 N–H and O–H groups in total. The summed E-state index contributed by atoms with van der Waals surface area (Å²) >= 11 is -2.24. The third kappa shape index (κ3) is 4.44. The second-order valence-corrected chi connectivity index (χ2v) is 7.33. The standard InChI is InChI=1S/C21H21N3O3S/c1-14-4-8-20(9-5-14)24(28(26)27)21-11-17(7-6-15(21)2)18-10-19(13-22-12-18)23-16(3)25/h4-13H,1-3H3,(H,23,25)(H,26,27). The summed E-state index contributed by atoms with van der Waals surface area (Å²) in [7, 11) is 0. The van der Waals surface area contributed by atoms with Crippen LogP contribution in [0.1, 0.15) is 18.1 Å². The number of aromatic nitrogens is 1. The maximum Gasteiger partial charge on any atom is 0.266 e. The molecule has 0 aliphatic rings. The van der Waals surface area contributed by atoms with Crippen molar-refractivity contribution in [2.45, 2.75) is 20.8 Å². The van der Waals surface area contributed by atoms with Gasteiger partial charge in [-0.25, -0.2) is 8.51 Å². The highest BCUT2D eigenvalue weighted by Gasteiger charge is 2.18. The van der Waals surface area contributed by atoms with Gasteiger partial charge in [-0.1, -0.05) is 29.8 Å². The van der Waals surface area contributed by atoms with E-state index in [-0.39, 0.29) is 5.91 Å². The zero-order valence-corrected chi connectivity index (χ0v) is 16.7. The van der Waals surface area contributed by atoms with E-state index in [2.05, 4.69) is 10.3 Å². The van der Waals surface area contributed by atoms with E-state index in [0.717, 1.165) is 22.3 Å². The fourth-order valence-corrected chi connectivity index (χ4v) is 3.54. The van der Waals surface area contributed by atoms with E-state index in [0.29, 0.717) is 17.1 Å². The number of hydrogen-bond acceptors (Lipinski definition) is 3. The Morgan fingerprint density at radius 3 is 2.39 bits per heavy atom. The lowest BCUT2D eigenvalue weighted by atomic mass is 10.0. The molecule has 1 atom stereocenters. The minimum Gasteiger partial charge on any atom is -0.325 e. The highest BCUT2D eigenvalue weighted by molar-refractivity contribution is 7.81. The number of carbonyl (C=O) groups excluding carboxylic acids is 1. The Kier molecular flexibility index (Phi) is 5.87. The van der Waals surface area contributed by atoms with Crippen molar-refractivity contribution in [1.82, 2.24) is 4.98 Å². The van der Waals surface area contributed by atoms with Crippen molar-refractivity contribution >= 4 is 34.2 Å². The van der Waals surface area contributed by atoms with Crippen LogP contribution < -0.4 is 9.62 Å². The molecule has 7 heteroatoms. The Morgan fingerprint density at radius 2 is 1.75 bits per heavy atom. The highest BCUT2D eigenvalue weighted by Crippen LogP contribution is 2.34. The molecule has 0 aliphatic heterocycles. The summed E-state index contributed by atoms with van der Waals surface area (Å²) in [5, 5.41) is 2.71. The summed E-state index contributed by atoms with van der Waals surface area (Å²) in [5.41, 5.74) is 5.37. The average Bonchev–Trinajstić information content (AvgIpc) is 2.64. The number of pyridine rings is 1.